The zero-order chi connectivity index (χ0) is 20.9. The SMILES string of the molecule is COc1ccc(-c2noc(CCC(=O)N3CCN(c4ncccc4Cl)CC3)n2)cc1. The Morgan fingerprint density at radius 1 is 1.17 bits per heavy atom. The number of ether oxygens (including phenoxy) is 1. The van der Waals surface area contributed by atoms with Gasteiger partial charge in [-0.25, -0.2) is 4.98 Å². The van der Waals surface area contributed by atoms with Crippen molar-refractivity contribution >= 4 is 23.3 Å². The number of aromatic nitrogens is 3. The van der Waals surface area contributed by atoms with Gasteiger partial charge in [-0.15, -0.1) is 0 Å². The van der Waals surface area contributed by atoms with Crippen molar-refractivity contribution in [1.82, 2.24) is 20.0 Å². The molecule has 1 aliphatic heterocycles. The van der Waals surface area contributed by atoms with Crippen molar-refractivity contribution in [2.24, 2.45) is 0 Å². The van der Waals surface area contributed by atoms with Gasteiger partial charge in [0.25, 0.3) is 0 Å². The first kappa shape index (κ1) is 20.2. The summed E-state index contributed by atoms with van der Waals surface area (Å²) >= 11 is 6.22. The highest BCUT2D eigenvalue weighted by atomic mass is 35.5. The highest BCUT2D eigenvalue weighted by Crippen LogP contribution is 2.24. The summed E-state index contributed by atoms with van der Waals surface area (Å²) in [5, 5.41) is 4.63. The molecule has 30 heavy (non-hydrogen) atoms. The van der Waals surface area contributed by atoms with E-state index in [1.54, 1.807) is 13.3 Å². The molecule has 1 fully saturated rings. The second-order valence-corrected chi connectivity index (χ2v) is 7.32. The lowest BCUT2D eigenvalue weighted by Gasteiger charge is -2.35. The highest BCUT2D eigenvalue weighted by Gasteiger charge is 2.23. The van der Waals surface area contributed by atoms with Crippen LogP contribution in [0.1, 0.15) is 12.3 Å². The number of nitrogens with zero attached hydrogens (tertiary/aromatic N) is 5. The summed E-state index contributed by atoms with van der Waals surface area (Å²) in [6, 6.07) is 11.0. The van der Waals surface area contributed by atoms with Crippen molar-refractivity contribution in [3.05, 3.63) is 53.5 Å². The first-order valence-electron chi connectivity index (χ1n) is 9.74. The number of amides is 1. The summed E-state index contributed by atoms with van der Waals surface area (Å²) < 4.78 is 10.5. The van der Waals surface area contributed by atoms with E-state index in [1.165, 1.54) is 0 Å². The van der Waals surface area contributed by atoms with Gasteiger partial charge in [-0.1, -0.05) is 16.8 Å². The molecule has 0 bridgehead atoms. The van der Waals surface area contributed by atoms with Gasteiger partial charge in [-0.2, -0.15) is 4.98 Å². The number of hydrogen-bond donors (Lipinski definition) is 0. The number of anilines is 1. The molecule has 0 unspecified atom stereocenters. The Morgan fingerprint density at radius 3 is 2.63 bits per heavy atom. The van der Waals surface area contributed by atoms with Gasteiger partial charge >= 0.3 is 0 Å². The highest BCUT2D eigenvalue weighted by molar-refractivity contribution is 6.32. The molecule has 9 heteroatoms. The van der Waals surface area contributed by atoms with Crippen molar-refractivity contribution in [1.29, 1.82) is 0 Å². The van der Waals surface area contributed by atoms with Crippen molar-refractivity contribution in [2.45, 2.75) is 12.8 Å². The van der Waals surface area contributed by atoms with Gasteiger partial charge in [0, 0.05) is 50.8 Å². The van der Waals surface area contributed by atoms with E-state index in [1.807, 2.05) is 41.3 Å². The predicted molar refractivity (Wildman–Crippen MR) is 113 cm³/mol. The van der Waals surface area contributed by atoms with Crippen LogP contribution in [-0.2, 0) is 11.2 Å². The summed E-state index contributed by atoms with van der Waals surface area (Å²) in [7, 11) is 1.62. The van der Waals surface area contributed by atoms with Crippen LogP contribution in [0.2, 0.25) is 5.02 Å². The summed E-state index contributed by atoms with van der Waals surface area (Å²) in [5.41, 5.74) is 0.835. The van der Waals surface area contributed by atoms with Gasteiger partial charge in [-0.05, 0) is 36.4 Å². The fraction of sp³-hybridized carbons (Fsp3) is 0.333. The lowest BCUT2D eigenvalue weighted by molar-refractivity contribution is -0.131. The Hall–Kier alpha value is -3.13. The molecule has 1 saturated heterocycles. The summed E-state index contributed by atoms with van der Waals surface area (Å²) in [4.78, 5) is 25.3. The molecule has 4 rings (SSSR count). The third-order valence-electron chi connectivity index (χ3n) is 5.04. The molecule has 0 atom stereocenters. The fourth-order valence-electron chi connectivity index (χ4n) is 3.36. The smallest absolute Gasteiger partial charge is 0.227 e. The summed E-state index contributed by atoms with van der Waals surface area (Å²) in [5.74, 6) is 2.56. The van der Waals surface area contributed by atoms with Gasteiger partial charge in [0.05, 0.1) is 12.1 Å². The van der Waals surface area contributed by atoms with Crippen LogP contribution < -0.4 is 9.64 Å². The molecule has 0 N–H and O–H groups in total. The van der Waals surface area contributed by atoms with Crippen LogP contribution in [0.25, 0.3) is 11.4 Å². The van der Waals surface area contributed by atoms with E-state index in [0.29, 0.717) is 55.8 Å². The molecule has 8 nitrogen and oxygen atoms in total. The molecule has 0 aliphatic carbocycles. The van der Waals surface area contributed by atoms with Crippen LogP contribution in [-0.4, -0.2) is 59.2 Å². The van der Waals surface area contributed by atoms with E-state index >= 15 is 0 Å². The Kier molecular flexibility index (Phi) is 6.13. The Labute approximate surface area is 179 Å². The normalized spacial score (nSPS) is 14.1. The third kappa shape index (κ3) is 4.54. The molecule has 2 aromatic heterocycles. The van der Waals surface area contributed by atoms with Crippen molar-refractivity contribution in [3.8, 4) is 17.1 Å². The van der Waals surface area contributed by atoms with Crippen LogP contribution in [0.4, 0.5) is 5.82 Å². The second kappa shape index (κ2) is 9.13. The molecule has 156 valence electrons. The van der Waals surface area contributed by atoms with Crippen molar-refractivity contribution in [2.75, 3.05) is 38.2 Å². The lowest BCUT2D eigenvalue weighted by Crippen LogP contribution is -2.49. The number of halogens is 1. The first-order chi connectivity index (χ1) is 14.6. The predicted octanol–water partition coefficient (Wildman–Crippen LogP) is 3.08. The van der Waals surface area contributed by atoms with Crippen LogP contribution in [0.5, 0.6) is 5.75 Å². The van der Waals surface area contributed by atoms with Gasteiger partial charge < -0.3 is 19.1 Å². The minimum absolute atomic E-state index is 0.0750. The molecule has 1 aliphatic rings. The molecule has 3 aromatic rings. The molecule has 0 spiro atoms. The van der Waals surface area contributed by atoms with Crippen LogP contribution in [0, 0.1) is 0 Å². The minimum Gasteiger partial charge on any atom is -0.497 e. The van der Waals surface area contributed by atoms with Crippen LogP contribution in [0.15, 0.2) is 47.1 Å². The van der Waals surface area contributed by atoms with Gasteiger partial charge in [0.2, 0.25) is 17.6 Å². The molecule has 3 heterocycles. The molecule has 0 radical (unpaired) electrons. The Balaban J connectivity index is 1.28. The number of hydrogen-bond acceptors (Lipinski definition) is 7. The fourth-order valence-corrected chi connectivity index (χ4v) is 3.60. The topological polar surface area (TPSA) is 84.6 Å². The molecule has 0 saturated carbocycles. The van der Waals surface area contributed by atoms with E-state index in [-0.39, 0.29) is 5.91 Å². The summed E-state index contributed by atoms with van der Waals surface area (Å²) in [6.07, 6.45) is 2.46. The third-order valence-corrected chi connectivity index (χ3v) is 5.34. The van der Waals surface area contributed by atoms with Crippen molar-refractivity contribution < 1.29 is 14.1 Å². The molecule has 1 aromatic carbocycles. The second-order valence-electron chi connectivity index (χ2n) is 6.92. The van der Waals surface area contributed by atoms with Gasteiger partial charge in [0.15, 0.2) is 0 Å². The average Bonchev–Trinajstić information content (AvgIpc) is 3.27. The molecule has 1 amide bonds. The number of piperazine rings is 1. The zero-order valence-electron chi connectivity index (χ0n) is 16.6. The standard InChI is InChI=1S/C21H22ClN5O3/c1-29-16-6-4-15(5-7-16)20-24-18(30-25-20)8-9-19(28)26-11-13-27(14-12-26)21-17(22)3-2-10-23-21/h2-7,10H,8-9,11-14H2,1H3. The summed E-state index contributed by atoms with van der Waals surface area (Å²) in [6.45, 7) is 2.66. The maximum absolute atomic E-state index is 12.6. The lowest BCUT2D eigenvalue weighted by atomic mass is 10.2. The maximum Gasteiger partial charge on any atom is 0.227 e. The number of carbonyl (C=O) groups excluding carboxylic acids is 1. The number of pyridine rings is 1. The maximum atomic E-state index is 12.6. The Bertz CT molecular complexity index is 1000. The van der Waals surface area contributed by atoms with Gasteiger partial charge in [0.1, 0.15) is 11.6 Å². The molecular weight excluding hydrogens is 406 g/mol. The van der Waals surface area contributed by atoms with Crippen LogP contribution >= 0.6 is 11.6 Å². The number of rotatable bonds is 6. The van der Waals surface area contributed by atoms with Crippen molar-refractivity contribution in [3.63, 3.8) is 0 Å². The largest absolute Gasteiger partial charge is 0.497 e. The number of aryl methyl sites for hydroxylation is 1. The van der Waals surface area contributed by atoms with E-state index in [9.17, 15) is 4.79 Å². The van der Waals surface area contributed by atoms with E-state index in [4.69, 9.17) is 20.9 Å². The van der Waals surface area contributed by atoms with E-state index in [0.717, 1.165) is 17.1 Å². The van der Waals surface area contributed by atoms with Gasteiger partial charge in [-0.3, -0.25) is 4.79 Å². The number of benzene rings is 1. The monoisotopic (exact) mass is 427 g/mol. The molecular formula is C21H22ClN5O3. The van der Waals surface area contributed by atoms with Crippen LogP contribution in [0.3, 0.4) is 0 Å². The van der Waals surface area contributed by atoms with E-state index in [2.05, 4.69) is 20.0 Å². The Morgan fingerprint density at radius 2 is 1.93 bits per heavy atom. The first-order valence-corrected chi connectivity index (χ1v) is 10.1. The quantitative estimate of drug-likeness (QED) is 0.597. The average molecular weight is 428 g/mol. The minimum atomic E-state index is 0.0750. The number of carbonyl (C=O) groups is 1. The number of methoxy groups -OCH3 is 1. The van der Waals surface area contributed by atoms with E-state index < -0.39 is 0 Å². The zero-order valence-corrected chi connectivity index (χ0v) is 17.4.